The molecule has 3 atom stereocenters. The Morgan fingerprint density at radius 3 is 2.79 bits per heavy atom. The molecule has 0 spiro atoms. The molecule has 1 aliphatic rings. The van der Waals surface area contributed by atoms with Crippen LogP contribution in [0.15, 0.2) is 4.52 Å². The van der Waals surface area contributed by atoms with Gasteiger partial charge in [0, 0.05) is 6.04 Å². The predicted octanol–water partition coefficient (Wildman–Crippen LogP) is 0.684. The van der Waals surface area contributed by atoms with E-state index in [9.17, 15) is 0 Å². The van der Waals surface area contributed by atoms with Crippen LogP contribution in [0, 0.1) is 0 Å². The monoisotopic (exact) mass is 196 g/mol. The summed E-state index contributed by atoms with van der Waals surface area (Å²) in [7, 11) is 0. The Bertz CT molecular complexity index is 310. The van der Waals surface area contributed by atoms with Crippen LogP contribution in [0.5, 0.6) is 0 Å². The van der Waals surface area contributed by atoms with Crippen molar-refractivity contribution < 1.29 is 4.52 Å². The summed E-state index contributed by atoms with van der Waals surface area (Å²) >= 11 is 0. The fourth-order valence-corrected chi connectivity index (χ4v) is 1.88. The summed E-state index contributed by atoms with van der Waals surface area (Å²) in [4.78, 5) is 4.26. The minimum atomic E-state index is -0.176. The molecule has 0 aliphatic heterocycles. The van der Waals surface area contributed by atoms with Gasteiger partial charge in [-0.1, -0.05) is 11.6 Å². The Hall–Kier alpha value is -0.940. The zero-order valence-corrected chi connectivity index (χ0v) is 8.31. The number of nitrogens with two attached hydrogens (primary N) is 2. The number of hydrogen-bond donors (Lipinski definition) is 2. The van der Waals surface area contributed by atoms with Crippen LogP contribution >= 0.6 is 0 Å². The van der Waals surface area contributed by atoms with Crippen LogP contribution in [0.25, 0.3) is 0 Å². The van der Waals surface area contributed by atoms with Crippen molar-refractivity contribution in [3.05, 3.63) is 11.7 Å². The lowest BCUT2D eigenvalue weighted by molar-refractivity contribution is 0.340. The second kappa shape index (κ2) is 3.67. The van der Waals surface area contributed by atoms with E-state index < -0.39 is 0 Å². The highest BCUT2D eigenvalue weighted by Crippen LogP contribution is 2.32. The van der Waals surface area contributed by atoms with Crippen LogP contribution in [0.1, 0.15) is 49.9 Å². The molecule has 1 aromatic rings. The van der Waals surface area contributed by atoms with E-state index >= 15 is 0 Å². The fourth-order valence-electron chi connectivity index (χ4n) is 1.88. The fraction of sp³-hybridized carbons (Fsp3) is 0.778. The van der Waals surface area contributed by atoms with Gasteiger partial charge in [-0.3, -0.25) is 0 Å². The van der Waals surface area contributed by atoms with Gasteiger partial charge in [-0.2, -0.15) is 4.98 Å². The zero-order valence-electron chi connectivity index (χ0n) is 8.31. The topological polar surface area (TPSA) is 91.0 Å². The third-order valence-corrected chi connectivity index (χ3v) is 2.75. The first-order chi connectivity index (χ1) is 6.68. The summed E-state index contributed by atoms with van der Waals surface area (Å²) in [6, 6.07) is -0.0125. The maximum atomic E-state index is 5.94. The molecule has 1 saturated carbocycles. The summed E-state index contributed by atoms with van der Waals surface area (Å²) in [6.45, 7) is 1.84. The maximum Gasteiger partial charge on any atom is 0.231 e. The summed E-state index contributed by atoms with van der Waals surface area (Å²) in [6.07, 6.45) is 3.23. The third-order valence-electron chi connectivity index (χ3n) is 2.75. The molecule has 0 bridgehead atoms. The molecule has 1 aliphatic carbocycles. The molecule has 78 valence electrons. The van der Waals surface area contributed by atoms with E-state index in [1.165, 1.54) is 0 Å². The Labute approximate surface area is 82.8 Å². The molecular formula is C9H16N4O. The van der Waals surface area contributed by atoms with Gasteiger partial charge in [-0.15, -0.1) is 0 Å². The van der Waals surface area contributed by atoms with E-state index in [1.807, 2.05) is 6.92 Å². The summed E-state index contributed by atoms with van der Waals surface area (Å²) < 4.78 is 5.16. The number of aromatic nitrogens is 2. The molecule has 1 heterocycles. The van der Waals surface area contributed by atoms with E-state index in [1.54, 1.807) is 0 Å². The molecule has 0 aromatic carbocycles. The molecule has 0 saturated heterocycles. The second-order valence-electron chi connectivity index (χ2n) is 3.98. The van der Waals surface area contributed by atoms with Crippen molar-refractivity contribution in [2.45, 2.75) is 44.2 Å². The number of rotatable bonds is 2. The molecule has 4 N–H and O–H groups in total. The van der Waals surface area contributed by atoms with Gasteiger partial charge in [-0.25, -0.2) is 0 Å². The van der Waals surface area contributed by atoms with Crippen molar-refractivity contribution in [1.82, 2.24) is 10.1 Å². The van der Waals surface area contributed by atoms with Crippen LogP contribution in [-0.2, 0) is 0 Å². The first kappa shape index (κ1) is 9.61. The Morgan fingerprint density at radius 2 is 2.29 bits per heavy atom. The van der Waals surface area contributed by atoms with Gasteiger partial charge in [0.2, 0.25) is 5.89 Å². The standard InChI is InChI=1S/C9H16N4O/c1-5(10)8-12-9(14-13-8)6-3-2-4-7(6)11/h5-7H,2-4,10-11H2,1H3. The van der Waals surface area contributed by atoms with E-state index in [-0.39, 0.29) is 18.0 Å². The number of hydrogen-bond acceptors (Lipinski definition) is 5. The van der Waals surface area contributed by atoms with E-state index in [2.05, 4.69) is 10.1 Å². The lowest BCUT2D eigenvalue weighted by atomic mass is 10.1. The van der Waals surface area contributed by atoms with E-state index in [0.29, 0.717) is 11.7 Å². The highest BCUT2D eigenvalue weighted by atomic mass is 16.5. The van der Waals surface area contributed by atoms with Gasteiger partial charge in [0.25, 0.3) is 0 Å². The molecule has 2 rings (SSSR count). The van der Waals surface area contributed by atoms with Gasteiger partial charge < -0.3 is 16.0 Å². The Kier molecular flexibility index (Phi) is 2.52. The average Bonchev–Trinajstić information content (AvgIpc) is 2.71. The predicted molar refractivity (Wildman–Crippen MR) is 51.5 cm³/mol. The lowest BCUT2D eigenvalue weighted by Crippen LogP contribution is -2.23. The maximum absolute atomic E-state index is 5.94. The summed E-state index contributed by atoms with van der Waals surface area (Å²) in [5.41, 5.74) is 11.6. The van der Waals surface area contributed by atoms with Crippen molar-refractivity contribution in [2.75, 3.05) is 0 Å². The lowest BCUT2D eigenvalue weighted by Gasteiger charge is -2.08. The summed E-state index contributed by atoms with van der Waals surface area (Å²) in [5.74, 6) is 1.46. The molecule has 5 nitrogen and oxygen atoms in total. The van der Waals surface area contributed by atoms with Crippen LogP contribution in [0.4, 0.5) is 0 Å². The third kappa shape index (κ3) is 1.65. The smallest absolute Gasteiger partial charge is 0.231 e. The van der Waals surface area contributed by atoms with Gasteiger partial charge in [-0.05, 0) is 19.8 Å². The largest absolute Gasteiger partial charge is 0.339 e. The molecular weight excluding hydrogens is 180 g/mol. The SMILES string of the molecule is CC(N)c1noc(C2CCCC2N)n1. The van der Waals surface area contributed by atoms with Crippen molar-refractivity contribution in [3.63, 3.8) is 0 Å². The van der Waals surface area contributed by atoms with Gasteiger partial charge >= 0.3 is 0 Å². The summed E-state index contributed by atoms with van der Waals surface area (Å²) in [5, 5.41) is 3.83. The molecule has 14 heavy (non-hydrogen) atoms. The van der Waals surface area contributed by atoms with Gasteiger partial charge in [0.1, 0.15) is 0 Å². The minimum Gasteiger partial charge on any atom is -0.339 e. The molecule has 0 amide bonds. The van der Waals surface area contributed by atoms with E-state index in [0.717, 1.165) is 19.3 Å². The average molecular weight is 196 g/mol. The molecule has 0 radical (unpaired) electrons. The first-order valence-electron chi connectivity index (χ1n) is 5.03. The van der Waals surface area contributed by atoms with Crippen LogP contribution < -0.4 is 11.5 Å². The zero-order chi connectivity index (χ0) is 10.1. The van der Waals surface area contributed by atoms with Crippen molar-refractivity contribution in [2.24, 2.45) is 11.5 Å². The molecule has 1 fully saturated rings. The Morgan fingerprint density at radius 1 is 1.50 bits per heavy atom. The normalized spacial score (nSPS) is 29.4. The van der Waals surface area contributed by atoms with Gasteiger partial charge in [0.15, 0.2) is 5.82 Å². The van der Waals surface area contributed by atoms with Crippen LogP contribution in [-0.4, -0.2) is 16.2 Å². The highest BCUT2D eigenvalue weighted by Gasteiger charge is 2.30. The quantitative estimate of drug-likeness (QED) is 0.726. The van der Waals surface area contributed by atoms with Gasteiger partial charge in [0.05, 0.1) is 12.0 Å². The van der Waals surface area contributed by atoms with Crippen molar-refractivity contribution in [3.8, 4) is 0 Å². The van der Waals surface area contributed by atoms with Crippen molar-refractivity contribution in [1.29, 1.82) is 0 Å². The highest BCUT2D eigenvalue weighted by molar-refractivity contribution is 5.03. The van der Waals surface area contributed by atoms with Crippen LogP contribution in [0.3, 0.4) is 0 Å². The number of nitrogens with zero attached hydrogens (tertiary/aromatic N) is 2. The van der Waals surface area contributed by atoms with Crippen molar-refractivity contribution >= 4 is 0 Å². The second-order valence-corrected chi connectivity index (χ2v) is 3.98. The first-order valence-corrected chi connectivity index (χ1v) is 5.03. The Balaban J connectivity index is 2.16. The van der Waals surface area contributed by atoms with E-state index in [4.69, 9.17) is 16.0 Å². The molecule has 5 heteroatoms. The molecule has 3 unspecified atom stereocenters. The van der Waals surface area contributed by atoms with Crippen LogP contribution in [0.2, 0.25) is 0 Å². The minimum absolute atomic E-state index is 0.163. The molecule has 1 aromatic heterocycles.